The monoisotopic (exact) mass is 585 g/mol. The number of aromatic amines is 2. The summed E-state index contributed by atoms with van der Waals surface area (Å²) in [6.45, 7) is 0. The van der Waals surface area contributed by atoms with Crippen LogP contribution in [0, 0.1) is 0 Å². The van der Waals surface area contributed by atoms with Gasteiger partial charge in [0.05, 0.1) is 0 Å². The van der Waals surface area contributed by atoms with Gasteiger partial charge >= 0.3 is 18.9 Å². The number of nitrogens with one attached hydrogen (secondary N) is 2. The van der Waals surface area contributed by atoms with Gasteiger partial charge in [0, 0.05) is 60.9 Å². The molecule has 0 aliphatic carbocycles. The smallest absolute Gasteiger partial charge is 0.164 e. The first kappa shape index (κ1) is 26.3. The van der Waals surface area contributed by atoms with Gasteiger partial charge in [0.2, 0.25) is 0 Å². The van der Waals surface area contributed by atoms with Crippen LogP contribution in [0.25, 0.3) is 89.7 Å². The topological polar surface area (TPSA) is 109 Å². The number of fused-ring (bicyclic) bond motifs is 20. The van der Waals surface area contributed by atoms with Crippen LogP contribution in [-0.2, 0) is 17.1 Å². The average Bonchev–Trinajstić information content (AvgIpc) is 3.73. The molecule has 0 fully saturated rings. The Morgan fingerprint density at radius 2 is 0.571 bits per heavy atom. The van der Waals surface area contributed by atoms with Crippen LogP contribution in [0.4, 0.5) is 0 Å². The zero-order valence-electron chi connectivity index (χ0n) is 21.2. The summed E-state index contributed by atoms with van der Waals surface area (Å²) < 4.78 is 0. The summed E-state index contributed by atoms with van der Waals surface area (Å²) in [6.07, 6.45) is 0. The van der Waals surface area contributed by atoms with Gasteiger partial charge in [-0.2, -0.15) is 0 Å². The normalized spacial score (nSPS) is 11.4. The van der Waals surface area contributed by atoms with Crippen LogP contribution in [0.15, 0.2) is 97.1 Å². The third-order valence-electron chi connectivity index (χ3n) is 7.46. The van der Waals surface area contributed by atoms with Crippen molar-refractivity contribution >= 4 is 63.0 Å². The summed E-state index contributed by atoms with van der Waals surface area (Å²) in [5.74, 6) is 2.39. The minimum atomic E-state index is 0. The predicted molar refractivity (Wildman–Crippen MR) is 163 cm³/mol. The number of hydrogen-bond acceptors (Lipinski definition) is 6. The second-order valence-electron chi connectivity index (χ2n) is 9.79. The Hall–Kier alpha value is -4.64. The van der Waals surface area contributed by atoms with Crippen molar-refractivity contribution in [3.8, 4) is 45.6 Å². The molecule has 199 valence electrons. The molecule has 4 aromatic carbocycles. The molecule has 10 heteroatoms. The molecule has 0 saturated heterocycles. The van der Waals surface area contributed by atoms with Gasteiger partial charge in [0.15, 0.2) is 23.3 Å². The van der Waals surface area contributed by atoms with Gasteiger partial charge in [-0.3, -0.25) is 0 Å². The van der Waals surface area contributed by atoms with Crippen LogP contribution in [0.1, 0.15) is 0 Å². The zero-order valence-corrected chi connectivity index (χ0v) is 22.2. The second-order valence-corrected chi connectivity index (χ2v) is 9.79. The molecule has 2 aliphatic rings. The van der Waals surface area contributed by atoms with Crippen molar-refractivity contribution in [2.45, 2.75) is 0 Å². The van der Waals surface area contributed by atoms with Gasteiger partial charge in [0.25, 0.3) is 0 Å². The largest absolute Gasteiger partial charge is 0.324 e. The molecular formula is C32H19CuLiN8. The second kappa shape index (κ2) is 10.0. The summed E-state index contributed by atoms with van der Waals surface area (Å²) >= 11 is 0. The van der Waals surface area contributed by atoms with E-state index in [4.69, 9.17) is 29.9 Å². The Morgan fingerprint density at radius 1 is 0.333 bits per heavy atom. The van der Waals surface area contributed by atoms with Crippen LogP contribution in [0.5, 0.6) is 0 Å². The zero-order chi connectivity index (χ0) is 26.2. The van der Waals surface area contributed by atoms with Gasteiger partial charge in [-0.25, -0.2) is 29.9 Å². The third kappa shape index (κ3) is 3.91. The minimum absolute atomic E-state index is 0. The van der Waals surface area contributed by atoms with Gasteiger partial charge in [0.1, 0.15) is 22.6 Å². The number of hydrogen-bond donors (Lipinski definition) is 2. The number of rotatable bonds is 0. The van der Waals surface area contributed by atoms with Gasteiger partial charge in [-0.15, -0.1) is 0 Å². The molecule has 8 nitrogen and oxygen atoms in total. The van der Waals surface area contributed by atoms with E-state index in [1.54, 1.807) is 0 Å². The Labute approximate surface area is 261 Å². The fourth-order valence-electron chi connectivity index (χ4n) is 5.59. The van der Waals surface area contributed by atoms with E-state index < -0.39 is 0 Å². The molecule has 8 bridgehead atoms. The summed E-state index contributed by atoms with van der Waals surface area (Å²) in [7, 11) is 0. The van der Waals surface area contributed by atoms with Crippen molar-refractivity contribution in [3.05, 3.63) is 97.1 Å². The Bertz CT molecular complexity index is 2040. The molecule has 2 aliphatic heterocycles. The van der Waals surface area contributed by atoms with Crippen molar-refractivity contribution < 1.29 is 17.1 Å². The SMILES string of the molecule is [Cu].[LiH].c1ccc2c(c1)-c1nc-2nc2[nH]c(nc3nc(nc4[nH]c(n1)c1ccccc41)-c1ccccc1-3)c1ccccc21. The first-order valence-electron chi connectivity index (χ1n) is 13.0. The van der Waals surface area contributed by atoms with Crippen LogP contribution < -0.4 is 0 Å². The fourth-order valence-corrected chi connectivity index (χ4v) is 5.59. The molecule has 1 radical (unpaired) electrons. The molecule has 5 heterocycles. The Kier molecular flexibility index (Phi) is 6.27. The summed E-state index contributed by atoms with van der Waals surface area (Å²) in [4.78, 5) is 36.8. The van der Waals surface area contributed by atoms with Crippen molar-refractivity contribution in [3.63, 3.8) is 0 Å². The van der Waals surface area contributed by atoms with E-state index in [1.807, 2.05) is 97.1 Å². The number of H-pyrrole nitrogens is 2. The molecule has 0 unspecified atom stereocenters. The van der Waals surface area contributed by atoms with Crippen molar-refractivity contribution in [1.29, 1.82) is 0 Å². The molecule has 7 aromatic rings. The maximum atomic E-state index is 5.02. The summed E-state index contributed by atoms with van der Waals surface area (Å²) in [5.41, 5.74) is 6.45. The molecular weight excluding hydrogens is 567 g/mol. The summed E-state index contributed by atoms with van der Waals surface area (Å²) in [5, 5.41) is 3.82. The van der Waals surface area contributed by atoms with Gasteiger partial charge < -0.3 is 9.97 Å². The fraction of sp³-hybridized carbons (Fsp3) is 0. The number of benzene rings is 4. The van der Waals surface area contributed by atoms with E-state index in [0.29, 0.717) is 45.9 Å². The standard InChI is InChI=1S/C32H18N8.Cu.Li.H/c1-2-10-18-17(9-1)25-33-26(18)38-28-21-13-5-6-14-22(21)30(35-28)40-32-24-16-8-7-15-23(24)31(36-32)39-29-20-12-4-3-11-19(20)27(34-29)37-25;;;/h1-16H,(H2,33,34,35,36,37,38,39,40);;;. The quantitative estimate of drug-likeness (QED) is 0.205. The molecule has 0 spiro atoms. The average molecular weight is 586 g/mol. The van der Waals surface area contributed by atoms with E-state index in [1.165, 1.54) is 0 Å². The molecule has 0 amide bonds. The molecule has 42 heavy (non-hydrogen) atoms. The van der Waals surface area contributed by atoms with Crippen LogP contribution in [0.2, 0.25) is 0 Å². The first-order valence-corrected chi connectivity index (χ1v) is 13.0. The molecule has 0 atom stereocenters. The molecule has 0 saturated carbocycles. The van der Waals surface area contributed by atoms with E-state index in [-0.39, 0.29) is 35.9 Å². The Balaban J connectivity index is 0.00000144. The first-order chi connectivity index (χ1) is 19.8. The van der Waals surface area contributed by atoms with Crippen LogP contribution in [0.3, 0.4) is 0 Å². The molecule has 3 aromatic heterocycles. The van der Waals surface area contributed by atoms with E-state index in [0.717, 1.165) is 43.8 Å². The van der Waals surface area contributed by atoms with Gasteiger partial charge in [-0.05, 0) is 0 Å². The molecule has 9 rings (SSSR count). The van der Waals surface area contributed by atoms with E-state index in [9.17, 15) is 0 Å². The molecule has 2 N–H and O–H groups in total. The van der Waals surface area contributed by atoms with E-state index in [2.05, 4.69) is 9.97 Å². The number of nitrogens with zero attached hydrogens (tertiary/aromatic N) is 6. The van der Waals surface area contributed by atoms with Crippen molar-refractivity contribution in [2.24, 2.45) is 0 Å². The maximum absolute atomic E-state index is 5.02. The summed E-state index contributed by atoms with van der Waals surface area (Å²) in [6, 6.07) is 32.2. The van der Waals surface area contributed by atoms with Gasteiger partial charge in [-0.1, -0.05) is 97.1 Å². The van der Waals surface area contributed by atoms with Crippen molar-refractivity contribution in [1.82, 2.24) is 39.9 Å². The van der Waals surface area contributed by atoms with Crippen molar-refractivity contribution in [2.75, 3.05) is 0 Å². The minimum Gasteiger partial charge on any atom is -0.324 e. The van der Waals surface area contributed by atoms with Crippen LogP contribution >= 0.6 is 0 Å². The third-order valence-corrected chi connectivity index (χ3v) is 7.46. The van der Waals surface area contributed by atoms with E-state index >= 15 is 0 Å². The number of aromatic nitrogens is 8. The predicted octanol–water partition coefficient (Wildman–Crippen LogP) is 6.22. The maximum Gasteiger partial charge on any atom is 0.164 e. The van der Waals surface area contributed by atoms with Crippen LogP contribution in [-0.4, -0.2) is 58.7 Å². The Morgan fingerprint density at radius 3 is 0.833 bits per heavy atom.